The van der Waals surface area contributed by atoms with Gasteiger partial charge in [0.1, 0.15) is 5.82 Å². The smallest absolute Gasteiger partial charge is 0.226 e. The number of nitrogens with one attached hydrogen (secondary N) is 2. The van der Waals surface area contributed by atoms with Gasteiger partial charge in [0.05, 0.1) is 23.3 Å². The minimum atomic E-state index is -0.0596. The number of carbonyl (C=O) groups is 1. The summed E-state index contributed by atoms with van der Waals surface area (Å²) in [5.74, 6) is 0.691. The number of rotatable bonds is 2. The molecule has 0 aliphatic carbocycles. The Morgan fingerprint density at radius 1 is 1.19 bits per heavy atom. The molecule has 7 nitrogen and oxygen atoms in total. The molecule has 0 saturated carbocycles. The van der Waals surface area contributed by atoms with Crippen LogP contribution in [0.1, 0.15) is 35.7 Å². The van der Waals surface area contributed by atoms with Gasteiger partial charge in [0.2, 0.25) is 5.91 Å². The van der Waals surface area contributed by atoms with Crippen LogP contribution in [0.4, 0.5) is 5.82 Å². The highest BCUT2D eigenvalue weighted by Gasteiger charge is 2.32. The highest BCUT2D eigenvalue weighted by Crippen LogP contribution is 2.37. The van der Waals surface area contributed by atoms with E-state index in [0.29, 0.717) is 6.42 Å². The quantitative estimate of drug-likeness (QED) is 0.743. The third-order valence-corrected chi connectivity index (χ3v) is 5.09. The maximum atomic E-state index is 12.4. The number of hydrogen-bond acceptors (Lipinski definition) is 4. The SMILES string of the molecule is O=C1CC(c2cc3n(n2)CCCNC3)c2cnn(-c3ccccc3)c2N1. The van der Waals surface area contributed by atoms with Crippen molar-refractivity contribution in [2.75, 3.05) is 11.9 Å². The van der Waals surface area contributed by atoms with Crippen LogP contribution in [0.5, 0.6) is 0 Å². The number of aryl methyl sites for hydroxylation is 1. The minimum absolute atomic E-state index is 0.00139. The Hall–Kier alpha value is -2.93. The Labute approximate surface area is 151 Å². The molecule has 7 heteroatoms. The van der Waals surface area contributed by atoms with Crippen molar-refractivity contribution in [1.29, 1.82) is 0 Å². The van der Waals surface area contributed by atoms with Crippen LogP contribution in [0.2, 0.25) is 0 Å². The largest absolute Gasteiger partial charge is 0.311 e. The molecule has 3 aromatic rings. The lowest BCUT2D eigenvalue weighted by molar-refractivity contribution is -0.116. The molecular formula is C19H20N6O. The zero-order chi connectivity index (χ0) is 17.5. The molecule has 2 aliphatic heterocycles. The molecule has 0 saturated heterocycles. The topological polar surface area (TPSA) is 76.8 Å². The fraction of sp³-hybridized carbons (Fsp3) is 0.316. The lowest BCUT2D eigenvalue weighted by Crippen LogP contribution is -2.25. The number of nitrogens with zero attached hydrogens (tertiary/aromatic N) is 4. The molecule has 0 bridgehead atoms. The first kappa shape index (κ1) is 15.3. The van der Waals surface area contributed by atoms with Crippen LogP contribution in [0, 0.1) is 0 Å². The van der Waals surface area contributed by atoms with Gasteiger partial charge in [-0.25, -0.2) is 4.68 Å². The summed E-state index contributed by atoms with van der Waals surface area (Å²) in [6, 6.07) is 12.0. The van der Waals surface area contributed by atoms with Gasteiger partial charge in [0.25, 0.3) is 0 Å². The molecule has 2 N–H and O–H groups in total. The number of anilines is 1. The van der Waals surface area contributed by atoms with Gasteiger partial charge in [-0.1, -0.05) is 18.2 Å². The Balaban J connectivity index is 1.57. The average Bonchev–Trinajstić information content (AvgIpc) is 3.20. The molecular weight excluding hydrogens is 328 g/mol. The summed E-state index contributed by atoms with van der Waals surface area (Å²) in [6.07, 6.45) is 3.32. The molecule has 0 fully saturated rings. The second-order valence-electron chi connectivity index (χ2n) is 6.81. The second kappa shape index (κ2) is 6.10. The first-order valence-electron chi connectivity index (χ1n) is 9.00. The summed E-state index contributed by atoms with van der Waals surface area (Å²) in [5, 5.41) is 15.7. The Bertz CT molecular complexity index is 934. The van der Waals surface area contributed by atoms with E-state index in [-0.39, 0.29) is 11.8 Å². The monoisotopic (exact) mass is 348 g/mol. The lowest BCUT2D eigenvalue weighted by Gasteiger charge is -2.22. The van der Waals surface area contributed by atoms with Crippen LogP contribution >= 0.6 is 0 Å². The summed E-state index contributed by atoms with van der Waals surface area (Å²) < 4.78 is 3.87. The van der Waals surface area contributed by atoms with Crippen molar-refractivity contribution in [2.45, 2.75) is 31.8 Å². The van der Waals surface area contributed by atoms with Crippen LogP contribution in [-0.2, 0) is 17.9 Å². The fourth-order valence-electron chi connectivity index (χ4n) is 3.80. The molecule has 1 aromatic carbocycles. The second-order valence-corrected chi connectivity index (χ2v) is 6.81. The number of fused-ring (bicyclic) bond motifs is 2. The van der Waals surface area contributed by atoms with Gasteiger partial charge in [0.15, 0.2) is 0 Å². The van der Waals surface area contributed by atoms with E-state index in [2.05, 4.69) is 26.5 Å². The molecule has 2 aliphatic rings. The van der Waals surface area contributed by atoms with Gasteiger partial charge in [-0.3, -0.25) is 9.48 Å². The molecule has 1 amide bonds. The normalized spacial score (nSPS) is 19.4. The zero-order valence-electron chi connectivity index (χ0n) is 14.4. The van der Waals surface area contributed by atoms with Crippen molar-refractivity contribution in [3.8, 4) is 5.69 Å². The summed E-state index contributed by atoms with van der Waals surface area (Å²) in [6.45, 7) is 2.75. The van der Waals surface area contributed by atoms with Gasteiger partial charge >= 0.3 is 0 Å². The van der Waals surface area contributed by atoms with Gasteiger partial charge in [0, 0.05) is 31.0 Å². The number of benzene rings is 1. The van der Waals surface area contributed by atoms with E-state index in [4.69, 9.17) is 5.10 Å². The molecule has 132 valence electrons. The van der Waals surface area contributed by atoms with Crippen LogP contribution < -0.4 is 10.6 Å². The molecule has 1 unspecified atom stereocenters. The first-order chi connectivity index (χ1) is 12.8. The van der Waals surface area contributed by atoms with Crippen LogP contribution in [-0.4, -0.2) is 32.0 Å². The number of para-hydroxylation sites is 1. The molecule has 5 rings (SSSR count). The van der Waals surface area contributed by atoms with E-state index >= 15 is 0 Å². The van der Waals surface area contributed by atoms with Crippen molar-refractivity contribution in [2.24, 2.45) is 0 Å². The zero-order valence-corrected chi connectivity index (χ0v) is 14.4. The van der Waals surface area contributed by atoms with Gasteiger partial charge < -0.3 is 10.6 Å². The molecule has 26 heavy (non-hydrogen) atoms. The number of aromatic nitrogens is 4. The predicted octanol–water partition coefficient (Wildman–Crippen LogP) is 2.04. The van der Waals surface area contributed by atoms with Crippen LogP contribution in [0.15, 0.2) is 42.6 Å². The van der Waals surface area contributed by atoms with Crippen molar-refractivity contribution in [3.63, 3.8) is 0 Å². The standard InChI is InChI=1S/C19H20N6O/c26-18-10-15(17-9-14-11-20-7-4-8-24(14)23-17)16-12-21-25(19(16)22-18)13-5-2-1-3-6-13/h1-3,5-6,9,12,15,20H,4,7-8,10-11H2,(H,22,26). The molecule has 0 spiro atoms. The lowest BCUT2D eigenvalue weighted by atomic mass is 9.91. The van der Waals surface area contributed by atoms with Crippen LogP contribution in [0.3, 0.4) is 0 Å². The summed E-state index contributed by atoms with van der Waals surface area (Å²) in [7, 11) is 0. The van der Waals surface area contributed by atoms with E-state index in [0.717, 1.165) is 48.8 Å². The summed E-state index contributed by atoms with van der Waals surface area (Å²) in [4.78, 5) is 12.4. The maximum absolute atomic E-state index is 12.4. The van der Waals surface area contributed by atoms with Crippen LogP contribution in [0.25, 0.3) is 5.69 Å². The molecule has 2 aromatic heterocycles. The number of amides is 1. The molecule has 1 atom stereocenters. The van der Waals surface area contributed by atoms with E-state index in [9.17, 15) is 4.79 Å². The van der Waals surface area contributed by atoms with E-state index in [1.54, 1.807) is 4.68 Å². The third-order valence-electron chi connectivity index (χ3n) is 5.09. The average molecular weight is 348 g/mol. The van der Waals surface area contributed by atoms with Gasteiger partial charge in [-0.2, -0.15) is 10.2 Å². The Morgan fingerprint density at radius 2 is 2.08 bits per heavy atom. The van der Waals surface area contributed by atoms with Crippen molar-refractivity contribution in [3.05, 3.63) is 59.5 Å². The minimum Gasteiger partial charge on any atom is -0.311 e. The predicted molar refractivity (Wildman–Crippen MR) is 97.2 cm³/mol. The number of hydrogen-bond donors (Lipinski definition) is 2. The summed E-state index contributed by atoms with van der Waals surface area (Å²) in [5.41, 5.74) is 4.09. The Morgan fingerprint density at radius 3 is 2.96 bits per heavy atom. The van der Waals surface area contributed by atoms with Crippen molar-refractivity contribution >= 4 is 11.7 Å². The van der Waals surface area contributed by atoms with E-state index < -0.39 is 0 Å². The molecule has 4 heterocycles. The van der Waals surface area contributed by atoms with Gasteiger partial charge in [-0.15, -0.1) is 0 Å². The van der Waals surface area contributed by atoms with E-state index in [1.807, 2.05) is 36.5 Å². The maximum Gasteiger partial charge on any atom is 0.226 e. The fourth-order valence-corrected chi connectivity index (χ4v) is 3.80. The highest BCUT2D eigenvalue weighted by atomic mass is 16.1. The first-order valence-corrected chi connectivity index (χ1v) is 9.00. The van der Waals surface area contributed by atoms with Crippen molar-refractivity contribution < 1.29 is 4.79 Å². The summed E-state index contributed by atoms with van der Waals surface area (Å²) >= 11 is 0. The molecule has 0 radical (unpaired) electrons. The van der Waals surface area contributed by atoms with E-state index in [1.165, 1.54) is 5.69 Å². The Kier molecular flexibility index (Phi) is 3.60. The van der Waals surface area contributed by atoms with Crippen molar-refractivity contribution in [1.82, 2.24) is 24.9 Å². The third kappa shape index (κ3) is 2.52. The highest BCUT2D eigenvalue weighted by molar-refractivity contribution is 5.94. The van der Waals surface area contributed by atoms with Gasteiger partial charge in [-0.05, 0) is 31.2 Å². The number of carbonyl (C=O) groups excluding carboxylic acids is 1.